The van der Waals surface area contributed by atoms with Crippen LogP contribution in [0.1, 0.15) is 32.3 Å². The van der Waals surface area contributed by atoms with Crippen LogP contribution in [-0.4, -0.2) is 87.8 Å². The summed E-state index contributed by atoms with van der Waals surface area (Å²) < 4.78 is 42.2. The summed E-state index contributed by atoms with van der Waals surface area (Å²) in [4.78, 5) is 31.1. The van der Waals surface area contributed by atoms with Crippen molar-refractivity contribution in [2.75, 3.05) is 62.2 Å². The lowest BCUT2D eigenvalue weighted by molar-refractivity contribution is -0.126. The number of hydrogen-bond donors (Lipinski definition) is 1. The van der Waals surface area contributed by atoms with E-state index in [1.54, 1.807) is 35.2 Å². The highest BCUT2D eigenvalue weighted by molar-refractivity contribution is 7.89. The molecule has 0 unspecified atom stereocenters. The van der Waals surface area contributed by atoms with Crippen LogP contribution in [0.5, 0.6) is 0 Å². The van der Waals surface area contributed by atoms with Crippen molar-refractivity contribution in [1.29, 1.82) is 0 Å². The Bertz CT molecular complexity index is 1350. The van der Waals surface area contributed by atoms with Crippen molar-refractivity contribution in [2.45, 2.75) is 44.0 Å². The number of halogens is 1. The first-order valence-corrected chi connectivity index (χ1v) is 15.5. The van der Waals surface area contributed by atoms with E-state index in [-0.39, 0.29) is 34.5 Å². The fraction of sp³-hybridized carbons (Fsp3) is 0.517. The van der Waals surface area contributed by atoms with Crippen molar-refractivity contribution < 1.29 is 22.4 Å². The molecule has 0 spiro atoms. The summed E-state index contributed by atoms with van der Waals surface area (Å²) in [5, 5.41) is 3.03. The van der Waals surface area contributed by atoms with E-state index in [0.29, 0.717) is 44.6 Å². The second-order valence-electron chi connectivity index (χ2n) is 11.0. The minimum atomic E-state index is -3.68. The molecular formula is C29H38FN5O4S. The Morgan fingerprint density at radius 2 is 1.68 bits per heavy atom. The van der Waals surface area contributed by atoms with Gasteiger partial charge in [0.05, 0.1) is 10.6 Å². The van der Waals surface area contributed by atoms with Gasteiger partial charge in [0.15, 0.2) is 0 Å². The average Bonchev–Trinajstić information content (AvgIpc) is 3.29. The lowest BCUT2D eigenvalue weighted by Gasteiger charge is -2.36. The number of fused-ring (bicyclic) bond motifs is 1. The first-order valence-electron chi connectivity index (χ1n) is 14.1. The first kappa shape index (κ1) is 28.5. The molecule has 9 nitrogen and oxygen atoms in total. The minimum absolute atomic E-state index is 0.00295. The number of piperidine rings is 1. The number of para-hydroxylation sites is 1. The zero-order chi connectivity index (χ0) is 28.4. The van der Waals surface area contributed by atoms with Gasteiger partial charge in [-0.1, -0.05) is 12.1 Å². The number of amides is 2. The van der Waals surface area contributed by atoms with Gasteiger partial charge in [-0.25, -0.2) is 12.8 Å². The van der Waals surface area contributed by atoms with Gasteiger partial charge in [0, 0.05) is 76.9 Å². The van der Waals surface area contributed by atoms with Gasteiger partial charge in [-0.2, -0.15) is 4.31 Å². The summed E-state index contributed by atoms with van der Waals surface area (Å²) in [6.07, 6.45) is 1.58. The van der Waals surface area contributed by atoms with Crippen molar-refractivity contribution in [3.8, 4) is 0 Å². The normalized spacial score (nSPS) is 20.9. The van der Waals surface area contributed by atoms with Gasteiger partial charge in [0.2, 0.25) is 21.8 Å². The molecule has 3 heterocycles. The fourth-order valence-electron chi connectivity index (χ4n) is 6.16. The van der Waals surface area contributed by atoms with Gasteiger partial charge in [-0.05, 0) is 62.1 Å². The van der Waals surface area contributed by atoms with Crippen molar-refractivity contribution in [1.82, 2.24) is 14.5 Å². The standard InChI is InChI=1S/C29H38FN5O4S/c1-21-19-24-20-25(7-8-27(24)35(21)22(2)36)40(38,39)34-12-9-23(10-13-34)29(37)31-11-14-32-15-17-33(18-16-32)28-6-4-3-5-26(28)30/h3-8,20-21,23H,9-19H2,1-2H3,(H,31,37)/t21-/m0/s1. The van der Waals surface area contributed by atoms with E-state index in [0.717, 1.165) is 44.0 Å². The van der Waals surface area contributed by atoms with Gasteiger partial charge in [-0.15, -0.1) is 0 Å². The maximum Gasteiger partial charge on any atom is 0.243 e. The lowest BCUT2D eigenvalue weighted by Crippen LogP contribution is -2.49. The van der Waals surface area contributed by atoms with Gasteiger partial charge in [-0.3, -0.25) is 14.5 Å². The van der Waals surface area contributed by atoms with Gasteiger partial charge >= 0.3 is 0 Å². The quantitative estimate of drug-likeness (QED) is 0.549. The highest BCUT2D eigenvalue weighted by Gasteiger charge is 2.34. The Labute approximate surface area is 236 Å². The zero-order valence-corrected chi connectivity index (χ0v) is 24.0. The number of nitrogens with one attached hydrogen (secondary N) is 1. The Kier molecular flexibility index (Phi) is 8.44. The monoisotopic (exact) mass is 571 g/mol. The molecule has 1 N–H and O–H groups in total. The third-order valence-corrected chi connectivity index (χ3v) is 10.3. The molecule has 0 bridgehead atoms. The number of hydrogen-bond acceptors (Lipinski definition) is 6. The molecular weight excluding hydrogens is 533 g/mol. The molecule has 11 heteroatoms. The molecule has 0 aliphatic carbocycles. The van der Waals surface area contributed by atoms with Crippen LogP contribution in [0.3, 0.4) is 0 Å². The Hall–Kier alpha value is -3.02. The first-order chi connectivity index (χ1) is 19.1. The fourth-order valence-corrected chi connectivity index (χ4v) is 7.68. The van der Waals surface area contributed by atoms with Crippen LogP contribution < -0.4 is 15.1 Å². The molecule has 2 saturated heterocycles. The van der Waals surface area contributed by atoms with Crippen molar-refractivity contribution in [3.05, 3.63) is 53.8 Å². The molecule has 3 aliphatic rings. The molecule has 0 aromatic heterocycles. The molecule has 2 aromatic carbocycles. The molecule has 0 saturated carbocycles. The highest BCUT2D eigenvalue weighted by Crippen LogP contribution is 2.35. The molecule has 2 fully saturated rings. The zero-order valence-electron chi connectivity index (χ0n) is 23.2. The number of carbonyl (C=O) groups excluding carboxylic acids is 2. The van der Waals surface area contributed by atoms with Gasteiger partial charge in [0.25, 0.3) is 0 Å². The summed E-state index contributed by atoms with van der Waals surface area (Å²) in [6, 6.07) is 11.8. The largest absolute Gasteiger partial charge is 0.367 e. The third-order valence-electron chi connectivity index (χ3n) is 8.36. The van der Waals surface area contributed by atoms with E-state index in [4.69, 9.17) is 0 Å². The van der Waals surface area contributed by atoms with Crippen molar-refractivity contribution >= 4 is 33.2 Å². The molecule has 3 aliphatic heterocycles. The number of rotatable bonds is 7. The maximum absolute atomic E-state index is 14.1. The maximum atomic E-state index is 14.1. The number of nitrogens with zero attached hydrogens (tertiary/aromatic N) is 4. The van der Waals surface area contributed by atoms with Crippen LogP contribution in [0, 0.1) is 11.7 Å². The van der Waals surface area contributed by atoms with Crippen molar-refractivity contribution in [2.24, 2.45) is 5.92 Å². The molecule has 2 amide bonds. The third kappa shape index (κ3) is 5.87. The number of sulfonamides is 1. The minimum Gasteiger partial charge on any atom is -0.367 e. The van der Waals surface area contributed by atoms with Crippen LogP contribution in [0.4, 0.5) is 15.8 Å². The van der Waals surface area contributed by atoms with Crippen LogP contribution in [0.25, 0.3) is 0 Å². The number of benzene rings is 2. The second-order valence-corrected chi connectivity index (χ2v) is 12.9. The van der Waals surface area contributed by atoms with E-state index >= 15 is 0 Å². The highest BCUT2D eigenvalue weighted by atomic mass is 32.2. The second kappa shape index (κ2) is 11.8. The topological polar surface area (TPSA) is 93.3 Å². The van der Waals surface area contributed by atoms with Gasteiger partial charge in [0.1, 0.15) is 5.82 Å². The smallest absolute Gasteiger partial charge is 0.243 e. The predicted molar refractivity (Wildman–Crippen MR) is 152 cm³/mol. The van der Waals surface area contributed by atoms with Crippen LogP contribution in [-0.2, 0) is 26.0 Å². The molecule has 1 atom stereocenters. The predicted octanol–water partition coefficient (Wildman–Crippen LogP) is 2.46. The SMILES string of the molecule is CC(=O)N1c2ccc(S(=O)(=O)N3CCC(C(=O)NCCN4CCN(c5ccccc5F)CC4)CC3)cc2C[C@@H]1C. The van der Waals surface area contributed by atoms with Crippen LogP contribution in [0.15, 0.2) is 47.4 Å². The Morgan fingerprint density at radius 1 is 0.975 bits per heavy atom. The number of carbonyl (C=O) groups is 2. The summed E-state index contributed by atoms with van der Waals surface area (Å²) in [7, 11) is -3.68. The van der Waals surface area contributed by atoms with Gasteiger partial charge < -0.3 is 15.1 Å². The summed E-state index contributed by atoms with van der Waals surface area (Å²) in [6.45, 7) is 8.40. The average molecular weight is 572 g/mol. The molecule has 0 radical (unpaired) electrons. The molecule has 216 valence electrons. The molecule has 5 rings (SSSR count). The summed E-state index contributed by atoms with van der Waals surface area (Å²) in [5.41, 5.74) is 2.28. The van der Waals surface area contributed by atoms with Crippen LogP contribution >= 0.6 is 0 Å². The summed E-state index contributed by atoms with van der Waals surface area (Å²) in [5.74, 6) is -0.498. The Morgan fingerprint density at radius 3 is 2.35 bits per heavy atom. The van der Waals surface area contributed by atoms with E-state index in [2.05, 4.69) is 15.1 Å². The van der Waals surface area contributed by atoms with Crippen LogP contribution in [0.2, 0.25) is 0 Å². The van der Waals surface area contributed by atoms with Crippen molar-refractivity contribution in [3.63, 3.8) is 0 Å². The molecule has 2 aromatic rings. The number of piperazine rings is 1. The van der Waals surface area contributed by atoms with E-state index < -0.39 is 10.0 Å². The Balaban J connectivity index is 1.07. The number of anilines is 2. The van der Waals surface area contributed by atoms with E-state index in [9.17, 15) is 22.4 Å². The lowest BCUT2D eigenvalue weighted by atomic mass is 9.97. The van der Waals surface area contributed by atoms with E-state index in [1.165, 1.54) is 17.3 Å². The molecule has 40 heavy (non-hydrogen) atoms. The summed E-state index contributed by atoms with van der Waals surface area (Å²) >= 11 is 0. The van der Waals surface area contributed by atoms with E-state index in [1.807, 2.05) is 13.0 Å².